The monoisotopic (exact) mass is 745 g/mol. The first kappa shape index (κ1) is 37.0. The lowest BCUT2D eigenvalue weighted by atomic mass is 9.93. The van der Waals surface area contributed by atoms with Crippen molar-refractivity contribution in [2.24, 2.45) is 5.41 Å². The van der Waals surface area contributed by atoms with Gasteiger partial charge in [0.05, 0.1) is 17.4 Å². The highest BCUT2D eigenvalue weighted by molar-refractivity contribution is 6.39. The van der Waals surface area contributed by atoms with Crippen LogP contribution in [0.4, 0.5) is 36.4 Å². The van der Waals surface area contributed by atoms with Gasteiger partial charge >= 0.3 is 24.0 Å². The molecule has 0 saturated heterocycles. The molecule has 5 rings (SSSR count). The van der Waals surface area contributed by atoms with E-state index in [2.05, 4.69) is 46.5 Å². The van der Waals surface area contributed by atoms with Crippen molar-refractivity contribution in [2.45, 2.75) is 38.4 Å². The number of hydrogen-bond donors (Lipinski definition) is 5. The number of nitrogens with zero attached hydrogens (tertiary/aromatic N) is 4. The van der Waals surface area contributed by atoms with E-state index in [9.17, 15) is 27.6 Å². The Morgan fingerprint density at radius 1 is 0.824 bits per heavy atom. The fourth-order valence-electron chi connectivity index (χ4n) is 4.63. The largest absolute Gasteiger partial charge is 0.454 e. The van der Waals surface area contributed by atoms with E-state index in [4.69, 9.17) is 27.9 Å². The van der Waals surface area contributed by atoms with E-state index < -0.39 is 47.5 Å². The number of halogens is 5. The zero-order valence-corrected chi connectivity index (χ0v) is 28.7. The van der Waals surface area contributed by atoms with Gasteiger partial charge in [-0.1, -0.05) is 49.2 Å². The van der Waals surface area contributed by atoms with Crippen LogP contribution >= 0.6 is 23.2 Å². The Balaban J connectivity index is 1.17. The molecule has 0 bridgehead atoms. The van der Waals surface area contributed by atoms with Gasteiger partial charge in [0.1, 0.15) is 5.15 Å². The normalized spacial score (nSPS) is 13.5. The second kappa shape index (κ2) is 15.3. The summed E-state index contributed by atoms with van der Waals surface area (Å²) in [5.74, 6) is -2.23. The predicted octanol–water partition coefficient (Wildman–Crippen LogP) is 5.87. The van der Waals surface area contributed by atoms with Crippen LogP contribution in [0.3, 0.4) is 0 Å². The van der Waals surface area contributed by atoms with Crippen molar-refractivity contribution < 1.29 is 32.3 Å². The third kappa shape index (κ3) is 10.9. The summed E-state index contributed by atoms with van der Waals surface area (Å²) in [6, 6.07) is 15.8. The Labute approximate surface area is 300 Å². The Morgan fingerprint density at radius 3 is 2.10 bits per heavy atom. The summed E-state index contributed by atoms with van der Waals surface area (Å²) in [4.78, 5) is 53.6. The molecule has 0 spiro atoms. The molecule has 0 aliphatic heterocycles. The molecule has 3 amide bonds. The van der Waals surface area contributed by atoms with Crippen LogP contribution in [0.5, 0.6) is 6.01 Å². The maximum atomic E-state index is 12.9. The van der Waals surface area contributed by atoms with E-state index in [0.29, 0.717) is 22.0 Å². The molecule has 5 N–H and O–H groups in total. The molecule has 1 saturated carbocycles. The van der Waals surface area contributed by atoms with Crippen molar-refractivity contribution in [3.05, 3.63) is 88.2 Å². The number of anilines is 4. The molecule has 4 aromatic rings. The predicted molar refractivity (Wildman–Crippen MR) is 184 cm³/mol. The van der Waals surface area contributed by atoms with Gasteiger partial charge in [0.15, 0.2) is 6.61 Å². The van der Waals surface area contributed by atoms with E-state index in [0.717, 1.165) is 18.4 Å². The molecule has 1 aliphatic carbocycles. The number of amides is 3. The standard InChI is InChI=1S/C33H32Cl2F3N9O4/c1-31(2,17-41-26(49)27(50)42-23-11-12-24(35)39-15-23)16-40-25(48)19-3-9-22(10-4-19)43-28-44-29(46-30(45-28)51-18-33(36,37)38)47-32(13-14-32)20-5-7-21(34)8-6-20/h3-12,15H,13-14,16-18H2,1-2H3,(H,40,48)(H,41,49)(H,42,50)(H2,43,44,45,46,47). The average Bonchev–Trinajstić information content (AvgIpc) is 3.86. The lowest BCUT2D eigenvalue weighted by molar-refractivity contribution is -0.154. The fourth-order valence-corrected chi connectivity index (χ4v) is 4.87. The van der Waals surface area contributed by atoms with Crippen LogP contribution in [0.25, 0.3) is 0 Å². The number of benzene rings is 2. The number of ether oxygens (including phenoxy) is 1. The number of carbonyl (C=O) groups is 3. The molecule has 2 heterocycles. The highest BCUT2D eigenvalue weighted by Gasteiger charge is 2.45. The van der Waals surface area contributed by atoms with E-state index in [-0.39, 0.29) is 30.1 Å². The van der Waals surface area contributed by atoms with E-state index in [1.807, 2.05) is 12.1 Å². The summed E-state index contributed by atoms with van der Waals surface area (Å²) in [6.45, 7) is 2.25. The lowest BCUT2D eigenvalue weighted by Crippen LogP contribution is -2.44. The van der Waals surface area contributed by atoms with Gasteiger partial charge in [0.25, 0.3) is 5.91 Å². The second-order valence-electron chi connectivity index (χ2n) is 12.4. The molecule has 1 aliphatic rings. The minimum absolute atomic E-state index is 0.00594. The number of pyridine rings is 1. The summed E-state index contributed by atoms with van der Waals surface area (Å²) in [7, 11) is 0. The van der Waals surface area contributed by atoms with Crippen LogP contribution in [0.15, 0.2) is 66.9 Å². The first-order valence-electron chi connectivity index (χ1n) is 15.4. The summed E-state index contributed by atoms with van der Waals surface area (Å²) in [5, 5.41) is 14.7. The topological polar surface area (TPSA) is 172 Å². The Kier molecular flexibility index (Phi) is 11.1. The van der Waals surface area contributed by atoms with Gasteiger partial charge in [-0.25, -0.2) is 4.98 Å². The van der Waals surface area contributed by atoms with Gasteiger partial charge in [-0.2, -0.15) is 28.1 Å². The van der Waals surface area contributed by atoms with E-state index in [1.54, 1.807) is 38.1 Å². The molecule has 0 radical (unpaired) electrons. The molecule has 2 aromatic heterocycles. The Bertz CT molecular complexity index is 1870. The summed E-state index contributed by atoms with van der Waals surface area (Å²) >= 11 is 11.8. The van der Waals surface area contributed by atoms with Gasteiger partial charge in [-0.3, -0.25) is 14.4 Å². The zero-order chi connectivity index (χ0) is 36.8. The van der Waals surface area contributed by atoms with Gasteiger partial charge in [0, 0.05) is 29.4 Å². The number of carbonyl (C=O) groups excluding carboxylic acids is 3. The first-order chi connectivity index (χ1) is 24.1. The molecule has 13 nitrogen and oxygen atoms in total. The van der Waals surface area contributed by atoms with Crippen molar-refractivity contribution in [1.82, 2.24) is 30.6 Å². The summed E-state index contributed by atoms with van der Waals surface area (Å²) in [5.41, 5.74) is 0.806. The molecular weight excluding hydrogens is 714 g/mol. The van der Waals surface area contributed by atoms with Crippen LogP contribution < -0.4 is 31.3 Å². The van der Waals surface area contributed by atoms with Crippen LogP contribution in [0.1, 0.15) is 42.6 Å². The van der Waals surface area contributed by atoms with Crippen LogP contribution in [0, 0.1) is 5.41 Å². The molecule has 2 aromatic carbocycles. The van der Waals surface area contributed by atoms with Gasteiger partial charge in [-0.15, -0.1) is 0 Å². The quantitative estimate of drug-likeness (QED) is 0.0823. The molecule has 268 valence electrons. The van der Waals surface area contributed by atoms with Crippen LogP contribution in [-0.2, 0) is 15.1 Å². The van der Waals surface area contributed by atoms with E-state index >= 15 is 0 Å². The summed E-state index contributed by atoms with van der Waals surface area (Å²) < 4.78 is 43.6. The first-order valence-corrected chi connectivity index (χ1v) is 16.2. The molecule has 1 fully saturated rings. The van der Waals surface area contributed by atoms with Crippen molar-refractivity contribution in [2.75, 3.05) is 35.6 Å². The second-order valence-corrected chi connectivity index (χ2v) is 13.3. The van der Waals surface area contributed by atoms with Crippen LogP contribution in [-0.4, -0.2) is 63.5 Å². The minimum Gasteiger partial charge on any atom is -0.454 e. The highest BCUT2D eigenvalue weighted by Crippen LogP contribution is 2.48. The molecule has 0 unspecified atom stereocenters. The number of aromatic nitrogens is 4. The minimum atomic E-state index is -4.61. The summed E-state index contributed by atoms with van der Waals surface area (Å²) in [6.07, 6.45) is -1.83. The number of hydrogen-bond acceptors (Lipinski definition) is 10. The van der Waals surface area contributed by atoms with Crippen molar-refractivity contribution >= 4 is 64.2 Å². The molecule has 0 atom stereocenters. The average molecular weight is 747 g/mol. The third-order valence-electron chi connectivity index (χ3n) is 7.53. The number of rotatable bonds is 13. The van der Waals surface area contributed by atoms with Crippen molar-refractivity contribution in [1.29, 1.82) is 0 Å². The Hall–Kier alpha value is -5.22. The maximum Gasteiger partial charge on any atom is 0.422 e. The molecule has 18 heteroatoms. The Morgan fingerprint density at radius 2 is 1.47 bits per heavy atom. The number of nitrogens with one attached hydrogen (secondary N) is 5. The highest BCUT2D eigenvalue weighted by atomic mass is 35.5. The molecular formula is C33H32Cl2F3N9O4. The maximum absolute atomic E-state index is 12.9. The smallest absolute Gasteiger partial charge is 0.422 e. The van der Waals surface area contributed by atoms with Crippen molar-refractivity contribution in [3.63, 3.8) is 0 Å². The van der Waals surface area contributed by atoms with Gasteiger partial charge < -0.3 is 31.3 Å². The zero-order valence-electron chi connectivity index (χ0n) is 27.2. The van der Waals surface area contributed by atoms with Gasteiger partial charge in [-0.05, 0) is 72.4 Å². The third-order valence-corrected chi connectivity index (χ3v) is 8.00. The van der Waals surface area contributed by atoms with E-state index in [1.165, 1.54) is 30.5 Å². The van der Waals surface area contributed by atoms with Crippen molar-refractivity contribution in [3.8, 4) is 6.01 Å². The fraction of sp³-hybridized carbons (Fsp3) is 0.303. The number of alkyl halides is 3. The van der Waals surface area contributed by atoms with Crippen LogP contribution in [0.2, 0.25) is 10.2 Å². The van der Waals surface area contributed by atoms with Gasteiger partial charge in [0.2, 0.25) is 11.9 Å². The SMILES string of the molecule is CC(C)(CNC(=O)C(=O)Nc1ccc(Cl)nc1)CNC(=O)c1ccc(Nc2nc(NC3(c4ccc(Cl)cc4)CC3)nc(OCC(F)(F)F)n2)cc1. The molecule has 51 heavy (non-hydrogen) atoms. The lowest BCUT2D eigenvalue weighted by Gasteiger charge is -2.25.